The van der Waals surface area contributed by atoms with Gasteiger partial charge in [0.15, 0.2) is 0 Å². The van der Waals surface area contributed by atoms with E-state index in [1.54, 1.807) is 16.8 Å². The minimum absolute atomic E-state index is 0.223. The van der Waals surface area contributed by atoms with Gasteiger partial charge in [-0.15, -0.1) is 0 Å². The van der Waals surface area contributed by atoms with Crippen molar-refractivity contribution in [2.24, 2.45) is 0 Å². The number of rotatable bonds is 5. The first-order chi connectivity index (χ1) is 15.0. The van der Waals surface area contributed by atoms with Crippen LogP contribution >= 0.6 is 0 Å². The van der Waals surface area contributed by atoms with Crippen molar-refractivity contribution in [3.8, 4) is 5.69 Å². The van der Waals surface area contributed by atoms with Crippen molar-refractivity contribution in [1.82, 2.24) is 14.1 Å². The molecule has 1 aliphatic heterocycles. The Kier molecular flexibility index (Phi) is 5.11. The summed E-state index contributed by atoms with van der Waals surface area (Å²) in [5, 5.41) is 7.74. The van der Waals surface area contributed by atoms with Gasteiger partial charge in [0, 0.05) is 24.2 Å². The third kappa shape index (κ3) is 3.66. The number of aromatic nitrogens is 2. The summed E-state index contributed by atoms with van der Waals surface area (Å²) in [5.41, 5.74) is 3.39. The van der Waals surface area contributed by atoms with Crippen LogP contribution in [0.1, 0.15) is 40.9 Å². The third-order valence-corrected chi connectivity index (χ3v) is 7.87. The first kappa shape index (κ1) is 20.0. The van der Waals surface area contributed by atoms with E-state index in [0.29, 0.717) is 24.5 Å². The van der Waals surface area contributed by atoms with Crippen molar-refractivity contribution in [2.45, 2.75) is 37.0 Å². The zero-order valence-corrected chi connectivity index (χ0v) is 17.9. The predicted octanol–water partition coefficient (Wildman–Crippen LogP) is 3.40. The summed E-state index contributed by atoms with van der Waals surface area (Å²) in [6.45, 7) is 1.11. The number of aryl methyl sites for hydroxylation is 1. The van der Waals surface area contributed by atoms with Crippen LogP contribution in [0.3, 0.4) is 0 Å². The van der Waals surface area contributed by atoms with Gasteiger partial charge in [-0.1, -0.05) is 18.2 Å². The number of carbonyl (C=O) groups is 1. The molecule has 0 atom stereocenters. The maximum atomic E-state index is 13.0. The van der Waals surface area contributed by atoms with E-state index in [9.17, 15) is 13.2 Å². The van der Waals surface area contributed by atoms with Crippen LogP contribution in [0, 0.1) is 0 Å². The number of amides is 1. The maximum Gasteiger partial charge on any atom is 0.256 e. The molecule has 2 aliphatic rings. The number of nitrogens with one attached hydrogen (secondary N) is 1. The van der Waals surface area contributed by atoms with Crippen molar-refractivity contribution >= 4 is 21.7 Å². The Morgan fingerprint density at radius 3 is 2.32 bits per heavy atom. The average Bonchev–Trinajstić information content (AvgIpc) is 3.54. The minimum Gasteiger partial charge on any atom is -0.306 e. The molecule has 3 aromatic rings. The van der Waals surface area contributed by atoms with Crippen LogP contribution in [0.2, 0.25) is 0 Å². The topological polar surface area (TPSA) is 84.3 Å². The van der Waals surface area contributed by atoms with Crippen LogP contribution in [-0.2, 0) is 22.9 Å². The molecule has 0 unspecified atom stereocenters. The lowest BCUT2D eigenvalue weighted by Crippen LogP contribution is -2.27. The largest absolute Gasteiger partial charge is 0.306 e. The molecule has 1 N–H and O–H groups in total. The minimum atomic E-state index is -3.49. The highest BCUT2D eigenvalue weighted by molar-refractivity contribution is 7.89. The zero-order valence-electron chi connectivity index (χ0n) is 17.1. The number of fused-ring (bicyclic) bond motifs is 1. The van der Waals surface area contributed by atoms with E-state index in [-0.39, 0.29) is 10.8 Å². The fourth-order valence-corrected chi connectivity index (χ4v) is 5.83. The van der Waals surface area contributed by atoms with Crippen LogP contribution in [0.25, 0.3) is 5.69 Å². The number of benzene rings is 2. The summed E-state index contributed by atoms with van der Waals surface area (Å²) < 4.78 is 28.7. The van der Waals surface area contributed by atoms with Gasteiger partial charge in [-0.05, 0) is 68.5 Å². The van der Waals surface area contributed by atoms with Crippen molar-refractivity contribution in [1.29, 1.82) is 0 Å². The highest BCUT2D eigenvalue weighted by Crippen LogP contribution is 2.31. The van der Waals surface area contributed by atoms with Crippen LogP contribution in [0.15, 0.2) is 59.5 Å². The van der Waals surface area contributed by atoms with Crippen LogP contribution in [0.5, 0.6) is 0 Å². The van der Waals surface area contributed by atoms with Gasteiger partial charge in [0.1, 0.15) is 5.82 Å². The second-order valence-corrected chi connectivity index (χ2v) is 9.90. The molecule has 1 fully saturated rings. The molecule has 5 rings (SSSR count). The Morgan fingerprint density at radius 2 is 1.61 bits per heavy atom. The summed E-state index contributed by atoms with van der Waals surface area (Å²) in [7, 11) is -3.49. The number of hydrogen-bond donors (Lipinski definition) is 1. The van der Waals surface area contributed by atoms with Gasteiger partial charge in [0.2, 0.25) is 10.0 Å². The van der Waals surface area contributed by atoms with E-state index in [1.807, 2.05) is 30.3 Å². The van der Waals surface area contributed by atoms with Crippen molar-refractivity contribution in [2.75, 3.05) is 18.4 Å². The molecule has 1 amide bonds. The molecule has 160 valence electrons. The van der Waals surface area contributed by atoms with E-state index >= 15 is 0 Å². The molecule has 0 bridgehead atoms. The van der Waals surface area contributed by atoms with Gasteiger partial charge in [0.05, 0.1) is 16.3 Å². The predicted molar refractivity (Wildman–Crippen MR) is 118 cm³/mol. The number of sulfonamides is 1. The molecule has 8 heteroatoms. The van der Waals surface area contributed by atoms with Gasteiger partial charge >= 0.3 is 0 Å². The lowest BCUT2D eigenvalue weighted by atomic mass is 10.2. The molecule has 0 spiro atoms. The molecule has 0 saturated carbocycles. The second kappa shape index (κ2) is 7.94. The van der Waals surface area contributed by atoms with E-state index in [1.165, 1.54) is 16.4 Å². The molecule has 1 aliphatic carbocycles. The Bertz CT molecular complexity index is 1210. The number of para-hydroxylation sites is 1. The number of nitrogens with zero attached hydrogens (tertiary/aromatic N) is 3. The summed E-state index contributed by atoms with van der Waals surface area (Å²) in [6.07, 6.45) is 4.59. The fourth-order valence-electron chi connectivity index (χ4n) is 4.31. The quantitative estimate of drug-likeness (QED) is 0.664. The Balaban J connectivity index is 1.41. The highest BCUT2D eigenvalue weighted by Gasteiger charge is 2.28. The first-order valence-electron chi connectivity index (χ1n) is 10.6. The monoisotopic (exact) mass is 436 g/mol. The molecule has 2 aromatic carbocycles. The van der Waals surface area contributed by atoms with Gasteiger partial charge in [-0.3, -0.25) is 4.79 Å². The van der Waals surface area contributed by atoms with Gasteiger partial charge in [-0.25, -0.2) is 13.1 Å². The standard InChI is InChI=1S/C23H24N4O3S/c28-23(17-11-13-19(14-12-17)31(29,30)26-15-4-5-16-26)24-22-20-9-6-10-21(20)25-27(22)18-7-2-1-3-8-18/h1-3,7-8,11-14H,4-6,9-10,15-16H2,(H,24,28). The van der Waals surface area contributed by atoms with E-state index < -0.39 is 10.0 Å². The lowest BCUT2D eigenvalue weighted by molar-refractivity contribution is 0.102. The molecular weight excluding hydrogens is 412 g/mol. The lowest BCUT2D eigenvalue weighted by Gasteiger charge is -2.15. The summed E-state index contributed by atoms with van der Waals surface area (Å²) in [6, 6.07) is 15.9. The molecule has 2 heterocycles. The van der Waals surface area contributed by atoms with Crippen molar-refractivity contribution < 1.29 is 13.2 Å². The maximum absolute atomic E-state index is 13.0. The number of hydrogen-bond acceptors (Lipinski definition) is 4. The summed E-state index contributed by atoms with van der Waals surface area (Å²) in [4.78, 5) is 13.2. The summed E-state index contributed by atoms with van der Waals surface area (Å²) >= 11 is 0. The van der Waals surface area contributed by atoms with Crippen LogP contribution in [-0.4, -0.2) is 41.5 Å². The number of carbonyl (C=O) groups excluding carboxylic acids is 1. The average molecular weight is 437 g/mol. The second-order valence-electron chi connectivity index (χ2n) is 7.96. The SMILES string of the molecule is O=C(Nc1c2c(nn1-c1ccccc1)CCC2)c1ccc(S(=O)(=O)N2CCCC2)cc1. The molecule has 0 radical (unpaired) electrons. The van der Waals surface area contributed by atoms with Crippen molar-refractivity contribution in [3.05, 3.63) is 71.4 Å². The molecule has 1 aromatic heterocycles. The van der Waals surface area contributed by atoms with E-state index in [0.717, 1.165) is 49.0 Å². The van der Waals surface area contributed by atoms with E-state index in [4.69, 9.17) is 5.10 Å². The Hall–Kier alpha value is -2.97. The van der Waals surface area contributed by atoms with Gasteiger partial charge in [-0.2, -0.15) is 9.40 Å². The van der Waals surface area contributed by atoms with Crippen LogP contribution in [0.4, 0.5) is 5.82 Å². The fraction of sp³-hybridized carbons (Fsp3) is 0.304. The van der Waals surface area contributed by atoms with Gasteiger partial charge < -0.3 is 5.32 Å². The third-order valence-electron chi connectivity index (χ3n) is 5.96. The molecular formula is C23H24N4O3S. The molecule has 7 nitrogen and oxygen atoms in total. The molecule has 1 saturated heterocycles. The first-order valence-corrected chi connectivity index (χ1v) is 12.1. The van der Waals surface area contributed by atoms with Crippen molar-refractivity contribution in [3.63, 3.8) is 0 Å². The Labute approximate surface area is 181 Å². The Morgan fingerprint density at radius 1 is 0.903 bits per heavy atom. The zero-order chi connectivity index (χ0) is 21.4. The smallest absolute Gasteiger partial charge is 0.256 e. The number of anilines is 1. The van der Waals surface area contributed by atoms with E-state index in [2.05, 4.69) is 5.32 Å². The molecule has 31 heavy (non-hydrogen) atoms. The summed E-state index contributed by atoms with van der Waals surface area (Å²) in [5.74, 6) is 0.411. The highest BCUT2D eigenvalue weighted by atomic mass is 32.2. The van der Waals surface area contributed by atoms with Gasteiger partial charge in [0.25, 0.3) is 5.91 Å². The van der Waals surface area contributed by atoms with Crippen LogP contribution < -0.4 is 5.32 Å². The normalized spacial score (nSPS) is 16.4.